The zero-order valence-corrected chi connectivity index (χ0v) is 19.4. The third kappa shape index (κ3) is 5.37. The van der Waals surface area contributed by atoms with Crippen molar-refractivity contribution in [3.63, 3.8) is 0 Å². The molecule has 2 saturated heterocycles. The molecule has 0 radical (unpaired) electrons. The number of hydrogen-bond donors (Lipinski definition) is 2. The fourth-order valence-corrected chi connectivity index (χ4v) is 4.79. The Labute approximate surface area is 196 Å². The van der Waals surface area contributed by atoms with Crippen LogP contribution in [0.2, 0.25) is 0 Å². The predicted molar refractivity (Wildman–Crippen MR) is 127 cm³/mol. The molecule has 2 heterocycles. The first-order valence-electron chi connectivity index (χ1n) is 10.9. The first-order valence-corrected chi connectivity index (χ1v) is 11.7. The first kappa shape index (κ1) is 22.5. The summed E-state index contributed by atoms with van der Waals surface area (Å²) in [5.41, 5.74) is 1.59. The Morgan fingerprint density at radius 1 is 0.938 bits per heavy atom. The third-order valence-corrected chi connectivity index (χ3v) is 6.69. The maximum Gasteiger partial charge on any atom is 0.239 e. The summed E-state index contributed by atoms with van der Waals surface area (Å²) in [4.78, 5) is 41.7. The molecule has 2 aromatic carbocycles. The zero-order valence-electron chi connectivity index (χ0n) is 17.8. The van der Waals surface area contributed by atoms with Crippen LogP contribution in [0.15, 0.2) is 59.1 Å². The van der Waals surface area contributed by atoms with E-state index in [0.29, 0.717) is 19.5 Å². The van der Waals surface area contributed by atoms with Gasteiger partial charge in [0.1, 0.15) is 5.92 Å². The van der Waals surface area contributed by atoms with Crippen molar-refractivity contribution < 1.29 is 14.4 Å². The van der Waals surface area contributed by atoms with Crippen LogP contribution < -0.4 is 15.5 Å². The van der Waals surface area contributed by atoms with E-state index in [-0.39, 0.29) is 23.8 Å². The third-order valence-electron chi connectivity index (χ3n) is 6.02. The van der Waals surface area contributed by atoms with Crippen LogP contribution in [-0.2, 0) is 14.4 Å². The Bertz CT molecular complexity index is 976. The van der Waals surface area contributed by atoms with Gasteiger partial charge in [-0.25, -0.2) is 0 Å². The molecule has 168 valence electrons. The van der Waals surface area contributed by atoms with Crippen molar-refractivity contribution in [3.8, 4) is 0 Å². The molecule has 0 saturated carbocycles. The first-order chi connectivity index (χ1) is 15.5. The molecular weight excluding hydrogens is 472 g/mol. The summed E-state index contributed by atoms with van der Waals surface area (Å²) < 4.78 is 0.845. The smallest absolute Gasteiger partial charge is 0.239 e. The molecule has 1 unspecified atom stereocenters. The van der Waals surface area contributed by atoms with Crippen LogP contribution in [0.1, 0.15) is 19.3 Å². The monoisotopic (exact) mass is 498 g/mol. The fraction of sp³-hybridized carbons (Fsp3) is 0.375. The summed E-state index contributed by atoms with van der Waals surface area (Å²) in [6.07, 6.45) is 2.04. The molecule has 2 aliphatic rings. The van der Waals surface area contributed by atoms with Crippen molar-refractivity contribution in [1.29, 1.82) is 0 Å². The van der Waals surface area contributed by atoms with Gasteiger partial charge in [0.05, 0.1) is 12.2 Å². The van der Waals surface area contributed by atoms with Crippen LogP contribution in [0.5, 0.6) is 0 Å². The molecule has 3 amide bonds. The van der Waals surface area contributed by atoms with Crippen LogP contribution in [0.4, 0.5) is 11.4 Å². The van der Waals surface area contributed by atoms with E-state index in [4.69, 9.17) is 0 Å². The topological polar surface area (TPSA) is 81.8 Å². The minimum absolute atomic E-state index is 0.0289. The SMILES string of the molecule is O=C(CN1CCC(NC(=O)C2CCN(c3ccccc3Br)C2=O)CC1)Nc1ccccc1. The minimum Gasteiger partial charge on any atom is -0.353 e. The maximum absolute atomic E-state index is 12.9. The number of benzene rings is 2. The summed E-state index contributed by atoms with van der Waals surface area (Å²) in [6, 6.07) is 17.0. The van der Waals surface area contributed by atoms with Gasteiger partial charge in [-0.15, -0.1) is 0 Å². The average molecular weight is 499 g/mol. The van der Waals surface area contributed by atoms with Gasteiger partial charge in [-0.1, -0.05) is 30.3 Å². The number of halogens is 1. The Hall–Kier alpha value is -2.71. The molecule has 0 aliphatic carbocycles. The fourth-order valence-electron chi connectivity index (χ4n) is 4.30. The quantitative estimate of drug-likeness (QED) is 0.599. The molecule has 2 fully saturated rings. The number of likely N-dealkylation sites (tertiary alicyclic amines) is 1. The molecule has 2 N–H and O–H groups in total. The second kappa shape index (κ2) is 10.3. The number of piperidine rings is 1. The average Bonchev–Trinajstić information content (AvgIpc) is 3.17. The van der Waals surface area contributed by atoms with Gasteiger partial charge in [0.15, 0.2) is 0 Å². The Kier molecular flexibility index (Phi) is 7.22. The lowest BCUT2D eigenvalue weighted by molar-refractivity contribution is -0.133. The normalized spacial score (nSPS) is 19.7. The lowest BCUT2D eigenvalue weighted by atomic mass is 10.0. The highest BCUT2D eigenvalue weighted by Gasteiger charge is 2.39. The number of rotatable bonds is 6. The van der Waals surface area contributed by atoms with Gasteiger partial charge in [0, 0.05) is 35.8 Å². The van der Waals surface area contributed by atoms with Crippen molar-refractivity contribution in [1.82, 2.24) is 10.2 Å². The molecule has 32 heavy (non-hydrogen) atoms. The van der Waals surface area contributed by atoms with Crippen molar-refractivity contribution in [2.45, 2.75) is 25.3 Å². The molecular formula is C24H27BrN4O3. The van der Waals surface area contributed by atoms with Gasteiger partial charge in [-0.2, -0.15) is 0 Å². The van der Waals surface area contributed by atoms with E-state index in [1.54, 1.807) is 4.90 Å². The highest BCUT2D eigenvalue weighted by Crippen LogP contribution is 2.31. The van der Waals surface area contributed by atoms with Gasteiger partial charge in [-0.05, 0) is 59.5 Å². The maximum atomic E-state index is 12.9. The zero-order chi connectivity index (χ0) is 22.5. The lowest BCUT2D eigenvalue weighted by Gasteiger charge is -2.32. The second-order valence-corrected chi connectivity index (χ2v) is 9.11. The van der Waals surface area contributed by atoms with Crippen LogP contribution in [0.3, 0.4) is 0 Å². The van der Waals surface area contributed by atoms with Crippen LogP contribution in [-0.4, -0.2) is 54.8 Å². The predicted octanol–water partition coefficient (Wildman–Crippen LogP) is 3.02. The number of para-hydroxylation sites is 2. The van der Waals surface area contributed by atoms with Gasteiger partial charge in [-0.3, -0.25) is 19.3 Å². The summed E-state index contributed by atoms with van der Waals surface area (Å²) in [5, 5.41) is 5.97. The van der Waals surface area contributed by atoms with E-state index in [1.807, 2.05) is 54.6 Å². The molecule has 8 heteroatoms. The van der Waals surface area contributed by atoms with E-state index in [1.165, 1.54) is 0 Å². The minimum atomic E-state index is -0.642. The van der Waals surface area contributed by atoms with Gasteiger partial charge >= 0.3 is 0 Å². The standard InChI is InChI=1S/C24H27BrN4O3/c25-20-8-4-5-9-21(20)29-15-12-19(24(29)32)23(31)27-18-10-13-28(14-11-18)16-22(30)26-17-6-2-1-3-7-17/h1-9,18-19H,10-16H2,(H,26,30)(H,27,31). The Balaban J connectivity index is 1.23. The number of carbonyl (C=O) groups is 3. The number of hydrogen-bond acceptors (Lipinski definition) is 4. The Morgan fingerprint density at radius 2 is 1.62 bits per heavy atom. The van der Waals surface area contributed by atoms with Crippen LogP contribution >= 0.6 is 15.9 Å². The number of amides is 3. The number of anilines is 2. The van der Waals surface area contributed by atoms with E-state index >= 15 is 0 Å². The molecule has 0 spiro atoms. The van der Waals surface area contributed by atoms with Crippen molar-refractivity contribution in [2.24, 2.45) is 5.92 Å². The highest BCUT2D eigenvalue weighted by atomic mass is 79.9. The Morgan fingerprint density at radius 3 is 2.34 bits per heavy atom. The van der Waals surface area contributed by atoms with Crippen molar-refractivity contribution >= 4 is 45.0 Å². The van der Waals surface area contributed by atoms with E-state index in [0.717, 1.165) is 41.8 Å². The number of nitrogens with zero attached hydrogens (tertiary/aromatic N) is 2. The number of carbonyl (C=O) groups excluding carboxylic acids is 3. The van der Waals surface area contributed by atoms with Gasteiger partial charge in [0.2, 0.25) is 17.7 Å². The van der Waals surface area contributed by atoms with E-state index in [2.05, 4.69) is 31.5 Å². The van der Waals surface area contributed by atoms with Crippen molar-refractivity contribution in [2.75, 3.05) is 36.4 Å². The second-order valence-electron chi connectivity index (χ2n) is 8.26. The molecule has 4 rings (SSSR count). The van der Waals surface area contributed by atoms with E-state index in [9.17, 15) is 14.4 Å². The molecule has 2 aromatic rings. The molecule has 1 atom stereocenters. The molecule has 7 nitrogen and oxygen atoms in total. The molecule has 0 bridgehead atoms. The highest BCUT2D eigenvalue weighted by molar-refractivity contribution is 9.10. The summed E-state index contributed by atoms with van der Waals surface area (Å²) in [7, 11) is 0. The summed E-state index contributed by atoms with van der Waals surface area (Å²) in [5.74, 6) is -1.02. The summed E-state index contributed by atoms with van der Waals surface area (Å²) in [6.45, 7) is 2.33. The van der Waals surface area contributed by atoms with Gasteiger partial charge < -0.3 is 15.5 Å². The van der Waals surface area contributed by atoms with E-state index < -0.39 is 5.92 Å². The van der Waals surface area contributed by atoms with Crippen LogP contribution in [0, 0.1) is 5.92 Å². The van der Waals surface area contributed by atoms with Crippen molar-refractivity contribution in [3.05, 3.63) is 59.1 Å². The molecule has 0 aromatic heterocycles. The molecule has 2 aliphatic heterocycles. The number of nitrogens with one attached hydrogen (secondary N) is 2. The largest absolute Gasteiger partial charge is 0.353 e. The van der Waals surface area contributed by atoms with Crippen LogP contribution in [0.25, 0.3) is 0 Å². The lowest BCUT2D eigenvalue weighted by Crippen LogP contribution is -2.48. The van der Waals surface area contributed by atoms with Gasteiger partial charge in [0.25, 0.3) is 0 Å². The summed E-state index contributed by atoms with van der Waals surface area (Å²) >= 11 is 3.48.